The van der Waals surface area contributed by atoms with Crippen molar-refractivity contribution < 1.29 is 14.0 Å². The molecule has 2 aromatic rings. The van der Waals surface area contributed by atoms with Crippen LogP contribution in [-0.2, 0) is 6.54 Å². The second-order valence-corrected chi connectivity index (χ2v) is 5.34. The molecule has 1 N–H and O–H groups in total. The van der Waals surface area contributed by atoms with Gasteiger partial charge >= 0.3 is 0 Å². The van der Waals surface area contributed by atoms with Crippen LogP contribution in [0, 0.1) is 5.82 Å². The van der Waals surface area contributed by atoms with E-state index in [1.165, 1.54) is 18.2 Å². The summed E-state index contributed by atoms with van der Waals surface area (Å²) in [5.74, 6) is -1.02. The number of nitrogens with one attached hydrogen (secondary N) is 1. The number of carbonyl (C=O) groups is 2. The maximum atomic E-state index is 13.5. The zero-order valence-corrected chi connectivity index (χ0v) is 13.9. The molecule has 0 spiro atoms. The molecule has 2 amide bonds. The lowest BCUT2D eigenvalue weighted by atomic mass is 10.1. The molecule has 126 valence electrons. The van der Waals surface area contributed by atoms with Crippen molar-refractivity contribution in [3.8, 4) is 0 Å². The summed E-state index contributed by atoms with van der Waals surface area (Å²) in [6.07, 6.45) is 0. The molecule has 0 unspecified atom stereocenters. The third-order valence-corrected chi connectivity index (χ3v) is 3.82. The van der Waals surface area contributed by atoms with E-state index in [4.69, 9.17) is 0 Å². The fourth-order valence-corrected chi connectivity index (χ4v) is 2.38. The SMILES string of the molecule is CCN(CC)C(=O)c1ccc(CNC(=O)c2ccccc2F)cc1. The van der Waals surface area contributed by atoms with Crippen molar-refractivity contribution in [1.82, 2.24) is 10.2 Å². The molecule has 0 saturated carbocycles. The Bertz CT molecular complexity index is 710. The topological polar surface area (TPSA) is 49.4 Å². The number of rotatable bonds is 6. The molecule has 0 aromatic heterocycles. The normalized spacial score (nSPS) is 10.3. The van der Waals surface area contributed by atoms with Gasteiger partial charge in [-0.2, -0.15) is 0 Å². The van der Waals surface area contributed by atoms with Gasteiger partial charge in [-0.3, -0.25) is 9.59 Å². The van der Waals surface area contributed by atoms with Crippen LogP contribution in [-0.4, -0.2) is 29.8 Å². The van der Waals surface area contributed by atoms with Gasteiger partial charge < -0.3 is 10.2 Å². The second-order valence-electron chi connectivity index (χ2n) is 5.34. The molecule has 24 heavy (non-hydrogen) atoms. The zero-order chi connectivity index (χ0) is 17.5. The Kier molecular flexibility index (Phi) is 6.07. The van der Waals surface area contributed by atoms with Crippen LogP contribution in [0.4, 0.5) is 4.39 Å². The lowest BCUT2D eigenvalue weighted by Crippen LogP contribution is -2.30. The summed E-state index contributed by atoms with van der Waals surface area (Å²) >= 11 is 0. The maximum Gasteiger partial charge on any atom is 0.254 e. The number of carbonyl (C=O) groups excluding carboxylic acids is 2. The predicted molar refractivity (Wildman–Crippen MR) is 91.3 cm³/mol. The highest BCUT2D eigenvalue weighted by molar-refractivity contribution is 5.95. The van der Waals surface area contributed by atoms with Crippen molar-refractivity contribution in [2.45, 2.75) is 20.4 Å². The highest BCUT2D eigenvalue weighted by atomic mass is 19.1. The molecule has 4 nitrogen and oxygen atoms in total. The van der Waals surface area contributed by atoms with Gasteiger partial charge in [0.05, 0.1) is 5.56 Å². The van der Waals surface area contributed by atoms with Gasteiger partial charge in [0.25, 0.3) is 11.8 Å². The van der Waals surface area contributed by atoms with Crippen molar-refractivity contribution in [1.29, 1.82) is 0 Å². The van der Waals surface area contributed by atoms with Gasteiger partial charge in [0.1, 0.15) is 5.82 Å². The molecule has 0 aliphatic carbocycles. The molecular weight excluding hydrogens is 307 g/mol. The molecule has 0 fully saturated rings. The van der Waals surface area contributed by atoms with Gasteiger partial charge in [0.2, 0.25) is 0 Å². The highest BCUT2D eigenvalue weighted by Crippen LogP contribution is 2.09. The van der Waals surface area contributed by atoms with Gasteiger partial charge in [-0.25, -0.2) is 4.39 Å². The van der Waals surface area contributed by atoms with E-state index in [2.05, 4.69) is 5.32 Å². The third kappa shape index (κ3) is 4.19. The Morgan fingerprint density at radius 1 is 1.00 bits per heavy atom. The summed E-state index contributed by atoms with van der Waals surface area (Å²) in [6.45, 7) is 5.47. The lowest BCUT2D eigenvalue weighted by Gasteiger charge is -2.18. The number of nitrogens with zero attached hydrogens (tertiary/aromatic N) is 1. The molecule has 0 atom stereocenters. The Labute approximate surface area is 141 Å². The third-order valence-electron chi connectivity index (χ3n) is 3.82. The first-order valence-corrected chi connectivity index (χ1v) is 7.97. The molecule has 0 aliphatic rings. The van der Waals surface area contributed by atoms with Gasteiger partial charge in [0, 0.05) is 25.2 Å². The smallest absolute Gasteiger partial charge is 0.254 e. The van der Waals surface area contributed by atoms with E-state index in [1.54, 1.807) is 35.2 Å². The monoisotopic (exact) mass is 328 g/mol. The van der Waals surface area contributed by atoms with E-state index in [-0.39, 0.29) is 18.0 Å². The minimum absolute atomic E-state index is 0.0121. The molecule has 5 heteroatoms. The van der Waals surface area contributed by atoms with Gasteiger partial charge in [-0.05, 0) is 43.7 Å². The fraction of sp³-hybridized carbons (Fsp3) is 0.263. The molecule has 0 bridgehead atoms. The average Bonchev–Trinajstić information content (AvgIpc) is 2.61. The molecule has 2 aromatic carbocycles. The molecule has 2 rings (SSSR count). The number of benzene rings is 2. The van der Waals surface area contributed by atoms with Gasteiger partial charge in [-0.1, -0.05) is 24.3 Å². The van der Waals surface area contributed by atoms with E-state index < -0.39 is 11.7 Å². The van der Waals surface area contributed by atoms with E-state index in [9.17, 15) is 14.0 Å². The summed E-state index contributed by atoms with van der Waals surface area (Å²) in [5.41, 5.74) is 1.48. The van der Waals surface area contributed by atoms with Crippen LogP contribution in [0.1, 0.15) is 40.1 Å². The van der Waals surface area contributed by atoms with Crippen molar-refractivity contribution in [2.24, 2.45) is 0 Å². The molecule has 0 aliphatic heterocycles. The van der Waals surface area contributed by atoms with Crippen LogP contribution in [0.3, 0.4) is 0 Å². The zero-order valence-electron chi connectivity index (χ0n) is 13.9. The highest BCUT2D eigenvalue weighted by Gasteiger charge is 2.13. The summed E-state index contributed by atoms with van der Waals surface area (Å²) < 4.78 is 13.5. The number of hydrogen-bond acceptors (Lipinski definition) is 2. The number of hydrogen-bond donors (Lipinski definition) is 1. The molecule has 0 radical (unpaired) electrons. The van der Waals surface area contributed by atoms with E-state index in [1.807, 2.05) is 13.8 Å². The number of amides is 2. The Morgan fingerprint density at radius 3 is 2.21 bits per heavy atom. The first-order chi connectivity index (χ1) is 11.6. The largest absolute Gasteiger partial charge is 0.348 e. The summed E-state index contributed by atoms with van der Waals surface area (Å²) in [7, 11) is 0. The Balaban J connectivity index is 1.98. The fourth-order valence-electron chi connectivity index (χ4n) is 2.38. The first kappa shape index (κ1) is 17.7. The Hall–Kier alpha value is -2.69. The van der Waals surface area contributed by atoms with Crippen LogP contribution >= 0.6 is 0 Å². The predicted octanol–water partition coefficient (Wildman–Crippen LogP) is 3.24. The summed E-state index contributed by atoms with van der Waals surface area (Å²) in [5, 5.41) is 2.68. The van der Waals surface area contributed by atoms with E-state index in [0.717, 1.165) is 5.56 Å². The van der Waals surface area contributed by atoms with E-state index >= 15 is 0 Å². The van der Waals surface area contributed by atoms with Crippen LogP contribution in [0.15, 0.2) is 48.5 Å². The minimum Gasteiger partial charge on any atom is -0.348 e. The van der Waals surface area contributed by atoms with Crippen LogP contribution in [0.2, 0.25) is 0 Å². The van der Waals surface area contributed by atoms with Crippen molar-refractivity contribution in [2.75, 3.05) is 13.1 Å². The maximum absolute atomic E-state index is 13.5. The van der Waals surface area contributed by atoms with Crippen molar-refractivity contribution in [3.05, 3.63) is 71.0 Å². The quantitative estimate of drug-likeness (QED) is 0.885. The molecular formula is C19H21FN2O2. The van der Waals surface area contributed by atoms with Crippen LogP contribution < -0.4 is 5.32 Å². The first-order valence-electron chi connectivity index (χ1n) is 7.97. The Morgan fingerprint density at radius 2 is 1.62 bits per heavy atom. The minimum atomic E-state index is -0.546. The summed E-state index contributed by atoms with van der Waals surface area (Å²) in [6, 6.07) is 12.9. The standard InChI is InChI=1S/C19H21FN2O2/c1-3-22(4-2)19(24)15-11-9-14(10-12-15)13-21-18(23)16-7-5-6-8-17(16)20/h5-12H,3-4,13H2,1-2H3,(H,21,23). The molecule has 0 heterocycles. The van der Waals surface area contributed by atoms with Crippen LogP contribution in [0.5, 0.6) is 0 Å². The number of halogens is 1. The van der Waals surface area contributed by atoms with Crippen molar-refractivity contribution >= 4 is 11.8 Å². The summed E-state index contributed by atoms with van der Waals surface area (Å²) in [4.78, 5) is 25.9. The average molecular weight is 328 g/mol. The second kappa shape index (κ2) is 8.24. The molecule has 0 saturated heterocycles. The van der Waals surface area contributed by atoms with Gasteiger partial charge in [-0.15, -0.1) is 0 Å². The van der Waals surface area contributed by atoms with Crippen LogP contribution in [0.25, 0.3) is 0 Å². The van der Waals surface area contributed by atoms with Gasteiger partial charge in [0.15, 0.2) is 0 Å². The lowest BCUT2D eigenvalue weighted by molar-refractivity contribution is 0.0772. The van der Waals surface area contributed by atoms with Crippen molar-refractivity contribution in [3.63, 3.8) is 0 Å². The van der Waals surface area contributed by atoms with E-state index in [0.29, 0.717) is 18.7 Å².